The number of nitrogens with one attached hydrogen (secondary N) is 3. The van der Waals surface area contributed by atoms with E-state index in [0.717, 1.165) is 36.7 Å². The Hall–Kier alpha value is -4.06. The molecule has 1 aromatic carbocycles. The lowest BCUT2D eigenvalue weighted by Crippen LogP contribution is -2.21. The molecule has 37 heavy (non-hydrogen) atoms. The number of hydrogen-bond acceptors (Lipinski definition) is 8. The van der Waals surface area contributed by atoms with Crippen LogP contribution in [0.15, 0.2) is 53.8 Å². The van der Waals surface area contributed by atoms with E-state index in [9.17, 15) is 39.2 Å². The van der Waals surface area contributed by atoms with Crippen LogP contribution in [0.3, 0.4) is 0 Å². The van der Waals surface area contributed by atoms with Crippen LogP contribution in [0, 0.1) is 5.82 Å². The molecule has 18 heteroatoms. The number of sulfonamides is 1. The van der Waals surface area contributed by atoms with E-state index in [0.29, 0.717) is 6.20 Å². The fourth-order valence-corrected chi connectivity index (χ4v) is 3.04. The smallest absolute Gasteiger partial charge is 0.475 e. The van der Waals surface area contributed by atoms with Crippen LogP contribution in [-0.4, -0.2) is 47.7 Å². The zero-order valence-corrected chi connectivity index (χ0v) is 19.0. The SMILES string of the molecule is CNS(=O)(=O)c1ccc(F)c(Nc2cc(Nc3ccc(C(F)(F)F)cn3)ncn2)c1.O=C(O)C(F)(F)F. The van der Waals surface area contributed by atoms with Gasteiger partial charge in [0.1, 0.15) is 29.6 Å². The molecule has 0 saturated carbocycles. The number of anilines is 4. The molecule has 0 aliphatic heterocycles. The second-order valence-electron chi connectivity index (χ2n) is 6.62. The summed E-state index contributed by atoms with van der Waals surface area (Å²) in [7, 11) is -2.56. The van der Waals surface area contributed by atoms with E-state index >= 15 is 0 Å². The van der Waals surface area contributed by atoms with Gasteiger partial charge in [-0.3, -0.25) is 0 Å². The molecule has 4 N–H and O–H groups in total. The van der Waals surface area contributed by atoms with E-state index in [1.54, 1.807) is 0 Å². The maximum absolute atomic E-state index is 14.1. The first-order valence-electron chi connectivity index (χ1n) is 9.45. The number of halogens is 7. The van der Waals surface area contributed by atoms with Crippen molar-refractivity contribution in [3.63, 3.8) is 0 Å². The number of nitrogens with zero attached hydrogens (tertiary/aromatic N) is 3. The largest absolute Gasteiger partial charge is 0.490 e. The number of carbonyl (C=O) groups is 1. The number of aliphatic carboxylic acids is 1. The van der Waals surface area contributed by atoms with Gasteiger partial charge in [0.25, 0.3) is 0 Å². The second kappa shape index (κ2) is 11.3. The third kappa shape index (κ3) is 8.53. The summed E-state index contributed by atoms with van der Waals surface area (Å²) in [5.41, 5.74) is -1.05. The molecule has 0 spiro atoms. The highest BCUT2D eigenvalue weighted by Crippen LogP contribution is 2.29. The molecule has 10 nitrogen and oxygen atoms in total. The summed E-state index contributed by atoms with van der Waals surface area (Å²) >= 11 is 0. The van der Waals surface area contributed by atoms with Gasteiger partial charge < -0.3 is 15.7 Å². The van der Waals surface area contributed by atoms with Crippen LogP contribution < -0.4 is 15.4 Å². The van der Waals surface area contributed by atoms with Gasteiger partial charge in [0.2, 0.25) is 10.0 Å². The molecule has 2 aromatic heterocycles. The fraction of sp³-hybridized carbons (Fsp3) is 0.158. The second-order valence-corrected chi connectivity index (χ2v) is 8.51. The Kier molecular flexibility index (Phi) is 8.94. The summed E-state index contributed by atoms with van der Waals surface area (Å²) in [6.45, 7) is 0. The van der Waals surface area contributed by atoms with Gasteiger partial charge in [-0.2, -0.15) is 26.3 Å². The van der Waals surface area contributed by atoms with E-state index < -0.39 is 39.7 Å². The van der Waals surface area contributed by atoms with Crippen molar-refractivity contribution in [1.82, 2.24) is 19.7 Å². The quantitative estimate of drug-likeness (QED) is 0.330. The molecule has 0 fully saturated rings. The van der Waals surface area contributed by atoms with Crippen LogP contribution in [0.25, 0.3) is 0 Å². The molecule has 3 aromatic rings. The molecule has 0 aliphatic carbocycles. The van der Waals surface area contributed by atoms with Gasteiger partial charge in [0, 0.05) is 12.3 Å². The third-order valence-corrected chi connectivity index (χ3v) is 5.45. The lowest BCUT2D eigenvalue weighted by atomic mass is 10.3. The number of hydrogen-bond donors (Lipinski definition) is 4. The zero-order valence-electron chi connectivity index (χ0n) is 18.2. The minimum atomic E-state index is -5.08. The fourth-order valence-electron chi connectivity index (χ4n) is 2.28. The lowest BCUT2D eigenvalue weighted by molar-refractivity contribution is -0.192. The van der Waals surface area contributed by atoms with E-state index in [1.165, 1.54) is 13.1 Å². The van der Waals surface area contributed by atoms with Crippen molar-refractivity contribution in [2.75, 3.05) is 17.7 Å². The normalized spacial score (nSPS) is 11.8. The maximum Gasteiger partial charge on any atom is 0.490 e. The molecule has 200 valence electrons. The van der Waals surface area contributed by atoms with Crippen LogP contribution in [0.2, 0.25) is 0 Å². The number of pyridine rings is 1. The number of benzene rings is 1. The highest BCUT2D eigenvalue weighted by atomic mass is 32.2. The van der Waals surface area contributed by atoms with Gasteiger partial charge in [-0.15, -0.1) is 0 Å². The standard InChI is InChI=1S/C17H14F4N6O2S.C2HF3O2/c1-22-30(28,29)11-3-4-12(18)13(6-11)26-15-7-16(25-9-24-15)27-14-5-2-10(8-23-14)17(19,20)21;3-2(4,5)1(6)7/h2-9,22H,1H3,(H2,23,24,25,26,27);(H,6,7). The Morgan fingerprint density at radius 3 is 1.97 bits per heavy atom. The Labute approximate surface area is 203 Å². The number of carboxylic acid groups (broad SMARTS) is 1. The molecule has 0 saturated heterocycles. The van der Waals surface area contributed by atoms with Crippen molar-refractivity contribution in [3.8, 4) is 0 Å². The van der Waals surface area contributed by atoms with Gasteiger partial charge in [0.05, 0.1) is 16.1 Å². The van der Waals surface area contributed by atoms with Gasteiger partial charge in [-0.05, 0) is 37.4 Å². The van der Waals surface area contributed by atoms with E-state index in [2.05, 4.69) is 30.3 Å². The van der Waals surface area contributed by atoms with Crippen molar-refractivity contribution in [2.24, 2.45) is 0 Å². The predicted molar refractivity (Wildman–Crippen MR) is 114 cm³/mol. The van der Waals surface area contributed by atoms with E-state index in [4.69, 9.17) is 9.90 Å². The van der Waals surface area contributed by atoms with Crippen LogP contribution >= 0.6 is 0 Å². The van der Waals surface area contributed by atoms with Gasteiger partial charge in [-0.1, -0.05) is 0 Å². The van der Waals surface area contributed by atoms with Crippen molar-refractivity contribution in [2.45, 2.75) is 17.2 Å². The average molecular weight is 556 g/mol. The number of alkyl halides is 6. The topological polar surface area (TPSA) is 146 Å². The first-order chi connectivity index (χ1) is 17.0. The summed E-state index contributed by atoms with van der Waals surface area (Å²) in [6, 6.07) is 6.52. The van der Waals surface area contributed by atoms with Gasteiger partial charge >= 0.3 is 18.3 Å². The molecule has 0 unspecified atom stereocenters. The summed E-state index contributed by atoms with van der Waals surface area (Å²) in [4.78, 5) is 20.2. The molecular weight excluding hydrogens is 541 g/mol. The number of rotatable bonds is 6. The van der Waals surface area contributed by atoms with Crippen molar-refractivity contribution in [3.05, 3.63) is 60.3 Å². The molecular formula is C19H15F7N6O4S. The monoisotopic (exact) mass is 556 g/mol. The molecule has 0 aliphatic rings. The molecule has 0 radical (unpaired) electrons. The van der Waals surface area contributed by atoms with Gasteiger partial charge in [0.15, 0.2) is 0 Å². The average Bonchev–Trinajstić information content (AvgIpc) is 2.80. The molecule has 0 bridgehead atoms. The van der Waals surface area contributed by atoms with Crippen LogP contribution in [0.4, 0.5) is 53.9 Å². The Morgan fingerprint density at radius 2 is 1.49 bits per heavy atom. The summed E-state index contributed by atoms with van der Waals surface area (Å²) in [5.74, 6) is -3.10. The number of aromatic nitrogens is 3. The van der Waals surface area contributed by atoms with Crippen LogP contribution in [-0.2, 0) is 21.0 Å². The molecule has 2 heterocycles. The Balaban J connectivity index is 0.000000604. The molecule has 3 rings (SSSR count). The van der Waals surface area contributed by atoms with Crippen LogP contribution in [0.5, 0.6) is 0 Å². The summed E-state index contributed by atoms with van der Waals surface area (Å²) < 4.78 is 110. The summed E-state index contributed by atoms with van der Waals surface area (Å²) in [6.07, 6.45) is -7.79. The van der Waals surface area contributed by atoms with Crippen LogP contribution in [0.1, 0.15) is 5.56 Å². The Morgan fingerprint density at radius 1 is 0.892 bits per heavy atom. The van der Waals surface area contributed by atoms with Gasteiger partial charge in [-0.25, -0.2) is 37.3 Å². The van der Waals surface area contributed by atoms with E-state index in [-0.39, 0.29) is 28.0 Å². The van der Waals surface area contributed by atoms with Crippen molar-refractivity contribution >= 4 is 39.1 Å². The minimum Gasteiger partial charge on any atom is -0.475 e. The third-order valence-electron chi connectivity index (χ3n) is 4.04. The first kappa shape index (κ1) is 29.2. The number of carboxylic acids is 1. The molecule has 0 atom stereocenters. The highest BCUT2D eigenvalue weighted by Gasteiger charge is 2.38. The summed E-state index contributed by atoms with van der Waals surface area (Å²) in [5, 5.41) is 12.5. The maximum atomic E-state index is 14.1. The molecule has 0 amide bonds. The predicted octanol–water partition coefficient (Wildman–Crippen LogP) is 4.06. The first-order valence-corrected chi connectivity index (χ1v) is 10.9. The highest BCUT2D eigenvalue weighted by molar-refractivity contribution is 7.89. The van der Waals surface area contributed by atoms with E-state index in [1.807, 2.05) is 0 Å². The Bertz CT molecular complexity index is 1350. The van der Waals surface area contributed by atoms with Crippen molar-refractivity contribution < 1.29 is 49.1 Å². The van der Waals surface area contributed by atoms with Crippen molar-refractivity contribution in [1.29, 1.82) is 0 Å². The minimum absolute atomic E-state index is 0.0981. The zero-order chi connectivity index (χ0) is 28.0. The lowest BCUT2D eigenvalue weighted by Gasteiger charge is -2.11.